The standard InChI is InChI=1S/C43H42/c1-27(2)24-40-31-15-5-4-13-29(31)26-41-32-20-11-21-35(33(32)22-23-34(40)41)43-38-18-8-6-16-36(38)42(30-14-10-12-28(3)25-30)37-17-7-9-19-39(37)43/h4-6,8,11-12,15-23,25,27,29,41H,7,9-10,13-14,24,26H2,1-3H3. The van der Waals surface area contributed by atoms with Crippen LogP contribution < -0.4 is 10.4 Å². The van der Waals surface area contributed by atoms with E-state index in [2.05, 4.69) is 118 Å². The average Bonchev–Trinajstić information content (AvgIpc) is 3.03. The Morgan fingerprint density at radius 1 is 0.837 bits per heavy atom. The van der Waals surface area contributed by atoms with Crippen LogP contribution in [0.5, 0.6) is 0 Å². The molecule has 0 N–H and O–H groups in total. The zero-order valence-electron chi connectivity index (χ0n) is 25.9. The first-order chi connectivity index (χ1) is 21.1. The molecule has 43 heavy (non-hydrogen) atoms. The molecule has 0 saturated carbocycles. The smallest absolute Gasteiger partial charge is 0.0104 e. The van der Waals surface area contributed by atoms with E-state index in [-0.39, 0.29) is 0 Å². The van der Waals surface area contributed by atoms with Crippen molar-refractivity contribution in [3.63, 3.8) is 0 Å². The lowest BCUT2D eigenvalue weighted by molar-refractivity contribution is 0.486. The van der Waals surface area contributed by atoms with E-state index in [0.717, 1.165) is 32.1 Å². The molecule has 0 aliphatic heterocycles. The summed E-state index contributed by atoms with van der Waals surface area (Å²) in [6.45, 7) is 7.00. The SMILES string of the molecule is CC1=CCCC(c2c3c(c(-c4cccc5c4C=CC4=C(CC(C)C)C6=CC=CCC6CC45)c4ccccc24)=CCCC=3)=C1. The number of fused-ring (bicyclic) bond motifs is 6. The quantitative estimate of drug-likeness (QED) is 0.299. The van der Waals surface area contributed by atoms with Crippen molar-refractivity contribution in [3.05, 3.63) is 128 Å². The van der Waals surface area contributed by atoms with E-state index in [1.165, 1.54) is 73.0 Å². The van der Waals surface area contributed by atoms with Crippen LogP contribution in [0.2, 0.25) is 0 Å². The van der Waals surface area contributed by atoms with Crippen LogP contribution in [0.1, 0.15) is 88.3 Å². The largest absolute Gasteiger partial charge is 0.0839 e. The van der Waals surface area contributed by atoms with Gasteiger partial charge in [0.15, 0.2) is 0 Å². The van der Waals surface area contributed by atoms with E-state index < -0.39 is 0 Å². The second-order valence-corrected chi connectivity index (χ2v) is 13.7. The van der Waals surface area contributed by atoms with Crippen molar-refractivity contribution in [3.8, 4) is 11.1 Å². The van der Waals surface area contributed by atoms with Crippen LogP contribution in [-0.2, 0) is 0 Å². The van der Waals surface area contributed by atoms with Crippen molar-refractivity contribution in [2.75, 3.05) is 0 Å². The van der Waals surface area contributed by atoms with Crippen LogP contribution >= 0.6 is 0 Å². The fraction of sp³-hybridized carbons (Fsp3) is 0.302. The molecule has 2 atom stereocenters. The summed E-state index contributed by atoms with van der Waals surface area (Å²) in [5.74, 6) is 1.76. The lowest BCUT2D eigenvalue weighted by atomic mass is 9.65. The Balaban J connectivity index is 1.38. The first-order valence-electron chi connectivity index (χ1n) is 16.6. The third kappa shape index (κ3) is 4.41. The summed E-state index contributed by atoms with van der Waals surface area (Å²) in [5.41, 5.74) is 15.0. The van der Waals surface area contributed by atoms with E-state index in [1.807, 2.05) is 0 Å². The number of rotatable bonds is 4. The highest BCUT2D eigenvalue weighted by molar-refractivity contribution is 6.05. The lowest BCUT2D eigenvalue weighted by Crippen LogP contribution is -2.33. The molecule has 0 amide bonds. The average molecular weight is 559 g/mol. The van der Waals surface area contributed by atoms with Crippen molar-refractivity contribution >= 4 is 34.6 Å². The van der Waals surface area contributed by atoms with Gasteiger partial charge in [0.2, 0.25) is 0 Å². The van der Waals surface area contributed by atoms with Gasteiger partial charge in [-0.05, 0) is 135 Å². The van der Waals surface area contributed by atoms with Gasteiger partial charge in [0.25, 0.3) is 0 Å². The molecule has 0 nitrogen and oxygen atoms in total. The van der Waals surface area contributed by atoms with E-state index in [0.29, 0.717) is 17.8 Å². The number of benzene rings is 3. The molecule has 8 rings (SSSR count). The fourth-order valence-electron chi connectivity index (χ4n) is 8.71. The molecule has 0 saturated heterocycles. The van der Waals surface area contributed by atoms with Gasteiger partial charge < -0.3 is 0 Å². The van der Waals surface area contributed by atoms with Crippen molar-refractivity contribution in [1.29, 1.82) is 0 Å². The predicted molar refractivity (Wildman–Crippen MR) is 186 cm³/mol. The number of allylic oxidation sites excluding steroid dienone is 11. The van der Waals surface area contributed by atoms with Gasteiger partial charge in [0, 0.05) is 5.92 Å². The first kappa shape index (κ1) is 26.7. The second-order valence-electron chi connectivity index (χ2n) is 13.7. The summed E-state index contributed by atoms with van der Waals surface area (Å²) >= 11 is 0. The molecule has 0 heterocycles. The molecule has 0 heteroatoms. The molecule has 0 radical (unpaired) electrons. The fourth-order valence-corrected chi connectivity index (χ4v) is 8.71. The highest BCUT2D eigenvalue weighted by Crippen LogP contribution is 2.52. The van der Waals surface area contributed by atoms with Gasteiger partial charge in [-0.2, -0.15) is 0 Å². The normalized spacial score (nSPS) is 22.1. The maximum absolute atomic E-state index is 2.54. The van der Waals surface area contributed by atoms with Gasteiger partial charge in [-0.1, -0.05) is 117 Å². The van der Waals surface area contributed by atoms with Gasteiger partial charge in [-0.3, -0.25) is 0 Å². The van der Waals surface area contributed by atoms with Crippen LogP contribution in [0.25, 0.3) is 45.7 Å². The molecule has 0 fully saturated rings. The summed E-state index contributed by atoms with van der Waals surface area (Å²) in [7, 11) is 0. The van der Waals surface area contributed by atoms with E-state index in [1.54, 1.807) is 16.7 Å². The third-order valence-corrected chi connectivity index (χ3v) is 10.5. The molecular weight excluding hydrogens is 516 g/mol. The number of hydrogen-bond donors (Lipinski definition) is 0. The Bertz CT molecular complexity index is 1980. The minimum atomic E-state index is 0.474. The molecule has 2 unspecified atom stereocenters. The van der Waals surface area contributed by atoms with Crippen molar-refractivity contribution in [2.45, 2.75) is 71.6 Å². The maximum Gasteiger partial charge on any atom is 0.0104 e. The summed E-state index contributed by atoms with van der Waals surface area (Å²) in [4.78, 5) is 0. The van der Waals surface area contributed by atoms with Gasteiger partial charge >= 0.3 is 0 Å². The van der Waals surface area contributed by atoms with Crippen LogP contribution in [0, 0.1) is 11.8 Å². The molecular formula is C43H42. The Hall–Kier alpha value is -3.90. The Labute approximate surface area is 256 Å². The van der Waals surface area contributed by atoms with Crippen molar-refractivity contribution < 1.29 is 0 Å². The molecule has 214 valence electrons. The molecule has 0 aromatic heterocycles. The molecule has 5 aliphatic rings. The molecule has 0 spiro atoms. The van der Waals surface area contributed by atoms with Crippen LogP contribution in [-0.4, -0.2) is 0 Å². The molecule has 5 aliphatic carbocycles. The van der Waals surface area contributed by atoms with E-state index in [4.69, 9.17) is 0 Å². The van der Waals surface area contributed by atoms with Gasteiger partial charge in [0.05, 0.1) is 0 Å². The van der Waals surface area contributed by atoms with Crippen LogP contribution in [0.4, 0.5) is 0 Å². The van der Waals surface area contributed by atoms with E-state index >= 15 is 0 Å². The molecule has 3 aromatic rings. The predicted octanol–water partition coefficient (Wildman–Crippen LogP) is 10.3. The van der Waals surface area contributed by atoms with Crippen LogP contribution in [0.15, 0.2) is 101 Å². The lowest BCUT2D eigenvalue weighted by Gasteiger charge is -2.39. The molecule has 3 aromatic carbocycles. The minimum Gasteiger partial charge on any atom is -0.0839 e. The summed E-state index contributed by atoms with van der Waals surface area (Å²) in [6.07, 6.45) is 30.0. The zero-order chi connectivity index (χ0) is 29.1. The van der Waals surface area contributed by atoms with Gasteiger partial charge in [-0.15, -0.1) is 0 Å². The summed E-state index contributed by atoms with van der Waals surface area (Å²) in [5, 5.41) is 5.70. The van der Waals surface area contributed by atoms with Crippen LogP contribution in [0.3, 0.4) is 0 Å². The van der Waals surface area contributed by atoms with Gasteiger partial charge in [-0.25, -0.2) is 0 Å². The zero-order valence-corrected chi connectivity index (χ0v) is 25.9. The number of hydrogen-bond acceptors (Lipinski definition) is 0. The third-order valence-electron chi connectivity index (χ3n) is 10.5. The second kappa shape index (κ2) is 10.7. The topological polar surface area (TPSA) is 0 Å². The summed E-state index contributed by atoms with van der Waals surface area (Å²) < 4.78 is 0. The minimum absolute atomic E-state index is 0.474. The maximum atomic E-state index is 2.54. The highest BCUT2D eigenvalue weighted by Gasteiger charge is 2.36. The Morgan fingerprint density at radius 3 is 2.42 bits per heavy atom. The first-order valence-corrected chi connectivity index (χ1v) is 16.6. The summed E-state index contributed by atoms with van der Waals surface area (Å²) in [6, 6.07) is 16.4. The Morgan fingerprint density at radius 2 is 1.63 bits per heavy atom. The van der Waals surface area contributed by atoms with Gasteiger partial charge in [0.1, 0.15) is 0 Å². The monoisotopic (exact) mass is 558 g/mol. The Kier molecular flexibility index (Phi) is 6.63. The molecule has 0 bridgehead atoms. The van der Waals surface area contributed by atoms with E-state index in [9.17, 15) is 0 Å². The highest BCUT2D eigenvalue weighted by atomic mass is 14.4. The van der Waals surface area contributed by atoms with Crippen molar-refractivity contribution in [2.24, 2.45) is 11.8 Å². The van der Waals surface area contributed by atoms with Crippen molar-refractivity contribution in [1.82, 2.24) is 0 Å².